The molecule has 0 aliphatic carbocycles. The first kappa shape index (κ1) is 15.0. The van der Waals surface area contributed by atoms with Crippen molar-refractivity contribution in [3.63, 3.8) is 0 Å². The number of aromatic nitrogens is 3. The van der Waals surface area contributed by atoms with Crippen molar-refractivity contribution in [3.05, 3.63) is 53.9 Å². The molecule has 0 bridgehead atoms. The van der Waals surface area contributed by atoms with Crippen LogP contribution in [-0.4, -0.2) is 39.6 Å². The van der Waals surface area contributed by atoms with Gasteiger partial charge in [-0.15, -0.1) is 5.10 Å². The van der Waals surface area contributed by atoms with Crippen molar-refractivity contribution in [1.82, 2.24) is 15.0 Å². The Hall–Kier alpha value is -2.96. The Morgan fingerprint density at radius 3 is 2.96 bits per heavy atom. The third-order valence-electron chi connectivity index (χ3n) is 3.28. The van der Waals surface area contributed by atoms with Crippen LogP contribution in [0.2, 0.25) is 0 Å². The molecule has 0 spiro atoms. The van der Waals surface area contributed by atoms with Gasteiger partial charge in [0.15, 0.2) is 0 Å². The van der Waals surface area contributed by atoms with Gasteiger partial charge in [0, 0.05) is 12.5 Å². The van der Waals surface area contributed by atoms with Crippen molar-refractivity contribution in [2.45, 2.75) is 19.1 Å². The predicted molar refractivity (Wildman–Crippen MR) is 80.1 cm³/mol. The summed E-state index contributed by atoms with van der Waals surface area (Å²) in [7, 11) is 0. The summed E-state index contributed by atoms with van der Waals surface area (Å²) in [6, 6.07) is 9.85. The molecule has 1 saturated heterocycles. The van der Waals surface area contributed by atoms with E-state index >= 15 is 0 Å². The van der Waals surface area contributed by atoms with Crippen LogP contribution >= 0.6 is 0 Å². The molecule has 1 atom stereocenters. The highest BCUT2D eigenvalue weighted by Gasteiger charge is 2.29. The van der Waals surface area contributed by atoms with Crippen molar-refractivity contribution in [2.75, 3.05) is 6.61 Å². The maximum atomic E-state index is 11.6. The van der Waals surface area contributed by atoms with E-state index in [9.17, 15) is 9.59 Å². The molecule has 2 aromatic rings. The Labute approximate surface area is 132 Å². The first-order valence-electron chi connectivity index (χ1n) is 7.20. The Morgan fingerprint density at radius 2 is 2.22 bits per heavy atom. The Bertz CT molecular complexity index is 724. The normalized spacial score (nSPS) is 17.4. The number of ether oxygens (including phenoxy) is 2. The number of hydrogen-bond acceptors (Lipinski definition) is 6. The summed E-state index contributed by atoms with van der Waals surface area (Å²) in [5, 5.41) is 7.95. The van der Waals surface area contributed by atoms with E-state index in [1.807, 2.05) is 30.3 Å². The van der Waals surface area contributed by atoms with Crippen LogP contribution in [0.3, 0.4) is 0 Å². The summed E-state index contributed by atoms with van der Waals surface area (Å²) in [6.07, 6.45) is 4.03. The molecule has 1 aliphatic rings. The van der Waals surface area contributed by atoms with E-state index in [0.29, 0.717) is 18.7 Å². The summed E-state index contributed by atoms with van der Waals surface area (Å²) in [4.78, 5) is 22.9. The number of benzene rings is 1. The monoisotopic (exact) mass is 313 g/mol. The number of esters is 2. The first-order valence-corrected chi connectivity index (χ1v) is 7.20. The van der Waals surface area contributed by atoms with E-state index in [1.165, 1.54) is 12.2 Å². The SMILES string of the molecule is O=C(/C=C/c1cn(Cc2ccccc2)nn1)O[C@@H]1CCOC1=O. The molecule has 0 unspecified atom stereocenters. The second kappa shape index (κ2) is 6.87. The van der Waals surface area contributed by atoms with Crippen molar-refractivity contribution in [3.8, 4) is 0 Å². The van der Waals surface area contributed by atoms with Crippen molar-refractivity contribution >= 4 is 18.0 Å². The lowest BCUT2D eigenvalue weighted by Gasteiger charge is -2.04. The van der Waals surface area contributed by atoms with Crippen LogP contribution < -0.4 is 0 Å². The summed E-state index contributed by atoms with van der Waals surface area (Å²) >= 11 is 0. The van der Waals surface area contributed by atoms with E-state index in [0.717, 1.165) is 5.56 Å². The van der Waals surface area contributed by atoms with Gasteiger partial charge >= 0.3 is 11.9 Å². The lowest BCUT2D eigenvalue weighted by molar-refractivity contribution is -0.156. The average Bonchev–Trinajstić information content (AvgIpc) is 3.16. The van der Waals surface area contributed by atoms with Crippen LogP contribution in [0, 0.1) is 0 Å². The minimum atomic E-state index is -0.805. The van der Waals surface area contributed by atoms with Crippen LogP contribution in [0.1, 0.15) is 17.7 Å². The standard InChI is InChI=1S/C16H15N3O4/c20-15(23-14-8-9-22-16(14)21)7-6-13-11-19(18-17-13)10-12-4-2-1-3-5-12/h1-7,11,14H,8-10H2/b7-6+/t14-/m1/s1. The summed E-state index contributed by atoms with van der Waals surface area (Å²) in [5.41, 5.74) is 1.64. The lowest BCUT2D eigenvalue weighted by Crippen LogP contribution is -2.21. The molecular weight excluding hydrogens is 298 g/mol. The fraction of sp³-hybridized carbons (Fsp3) is 0.250. The smallest absolute Gasteiger partial charge is 0.347 e. The average molecular weight is 313 g/mol. The van der Waals surface area contributed by atoms with Gasteiger partial charge in [0.2, 0.25) is 6.10 Å². The molecule has 3 rings (SSSR count). The lowest BCUT2D eigenvalue weighted by atomic mass is 10.2. The van der Waals surface area contributed by atoms with Gasteiger partial charge in [-0.3, -0.25) is 0 Å². The molecule has 1 aliphatic heterocycles. The summed E-state index contributed by atoms with van der Waals surface area (Å²) < 4.78 is 11.4. The Balaban J connectivity index is 1.55. The molecule has 0 saturated carbocycles. The van der Waals surface area contributed by atoms with Crippen LogP contribution in [0.25, 0.3) is 6.08 Å². The highest BCUT2D eigenvalue weighted by molar-refractivity contribution is 5.89. The number of cyclic esters (lactones) is 1. The number of carbonyl (C=O) groups is 2. The molecule has 0 N–H and O–H groups in total. The van der Waals surface area contributed by atoms with E-state index < -0.39 is 18.0 Å². The zero-order valence-electron chi connectivity index (χ0n) is 12.3. The molecule has 118 valence electrons. The van der Waals surface area contributed by atoms with Gasteiger partial charge < -0.3 is 9.47 Å². The van der Waals surface area contributed by atoms with Gasteiger partial charge in [-0.1, -0.05) is 35.5 Å². The molecule has 1 aromatic heterocycles. The summed E-state index contributed by atoms with van der Waals surface area (Å²) in [6.45, 7) is 0.883. The molecule has 1 fully saturated rings. The second-order valence-corrected chi connectivity index (χ2v) is 5.04. The molecule has 23 heavy (non-hydrogen) atoms. The fourth-order valence-corrected chi connectivity index (χ4v) is 2.15. The van der Waals surface area contributed by atoms with Gasteiger partial charge in [-0.25, -0.2) is 14.3 Å². The quantitative estimate of drug-likeness (QED) is 0.609. The van der Waals surface area contributed by atoms with Gasteiger partial charge in [0.25, 0.3) is 0 Å². The van der Waals surface area contributed by atoms with Crippen molar-refractivity contribution in [1.29, 1.82) is 0 Å². The third kappa shape index (κ3) is 4.03. The molecule has 2 heterocycles. The number of hydrogen-bond donors (Lipinski definition) is 0. The molecular formula is C16H15N3O4. The number of carbonyl (C=O) groups excluding carboxylic acids is 2. The van der Waals surface area contributed by atoms with Gasteiger partial charge in [0.1, 0.15) is 5.69 Å². The maximum Gasteiger partial charge on any atom is 0.347 e. The van der Waals surface area contributed by atoms with E-state index in [2.05, 4.69) is 10.3 Å². The van der Waals surface area contributed by atoms with Crippen LogP contribution in [0.15, 0.2) is 42.6 Å². The van der Waals surface area contributed by atoms with Crippen LogP contribution in [0.5, 0.6) is 0 Å². The highest BCUT2D eigenvalue weighted by Crippen LogP contribution is 2.11. The minimum absolute atomic E-state index is 0.286. The van der Waals surface area contributed by atoms with Crippen LogP contribution in [0.4, 0.5) is 0 Å². The largest absolute Gasteiger partial charge is 0.463 e. The topological polar surface area (TPSA) is 83.3 Å². The fourth-order valence-electron chi connectivity index (χ4n) is 2.15. The van der Waals surface area contributed by atoms with E-state index in [1.54, 1.807) is 10.9 Å². The zero-order valence-corrected chi connectivity index (χ0v) is 12.3. The van der Waals surface area contributed by atoms with Crippen LogP contribution in [-0.2, 0) is 25.6 Å². The van der Waals surface area contributed by atoms with Gasteiger partial charge in [-0.2, -0.15) is 0 Å². The maximum absolute atomic E-state index is 11.6. The Kier molecular flexibility index (Phi) is 4.46. The van der Waals surface area contributed by atoms with Gasteiger partial charge in [0.05, 0.1) is 19.3 Å². The number of nitrogens with zero attached hydrogens (tertiary/aromatic N) is 3. The second-order valence-electron chi connectivity index (χ2n) is 5.04. The van der Waals surface area contributed by atoms with Gasteiger partial charge in [-0.05, 0) is 11.6 Å². The first-order chi connectivity index (χ1) is 11.2. The summed E-state index contributed by atoms with van der Waals surface area (Å²) in [5.74, 6) is -1.10. The third-order valence-corrected chi connectivity index (χ3v) is 3.28. The minimum Gasteiger partial charge on any atom is -0.463 e. The predicted octanol–water partition coefficient (Wildman–Crippen LogP) is 1.20. The van der Waals surface area contributed by atoms with Crippen molar-refractivity contribution < 1.29 is 19.1 Å². The molecule has 1 aromatic carbocycles. The van der Waals surface area contributed by atoms with Crippen molar-refractivity contribution in [2.24, 2.45) is 0 Å². The molecule has 7 heteroatoms. The highest BCUT2D eigenvalue weighted by atomic mass is 16.6. The Morgan fingerprint density at radius 1 is 1.39 bits per heavy atom. The van der Waals surface area contributed by atoms with E-state index in [-0.39, 0.29) is 6.61 Å². The molecule has 0 radical (unpaired) electrons. The van der Waals surface area contributed by atoms with E-state index in [4.69, 9.17) is 9.47 Å². The molecule has 7 nitrogen and oxygen atoms in total. The zero-order chi connectivity index (χ0) is 16.1. The molecule has 0 amide bonds. The number of rotatable bonds is 5.